The summed E-state index contributed by atoms with van der Waals surface area (Å²) in [6, 6.07) is 3.55. The van der Waals surface area contributed by atoms with Crippen molar-refractivity contribution in [3.05, 3.63) is 39.9 Å². The average molecular weight is 295 g/mol. The first-order valence-electron chi connectivity index (χ1n) is 4.09. The normalized spacial score (nSPS) is 12.0. The van der Waals surface area contributed by atoms with Crippen LogP contribution >= 0.6 is 15.9 Å². The van der Waals surface area contributed by atoms with Crippen LogP contribution in [0.2, 0.25) is 0 Å². The van der Waals surface area contributed by atoms with Crippen molar-refractivity contribution < 1.29 is 23.1 Å². The summed E-state index contributed by atoms with van der Waals surface area (Å²) in [4.78, 5) is 10.3. The first-order chi connectivity index (χ1) is 7.32. The molecule has 0 aromatic heterocycles. The zero-order valence-electron chi connectivity index (χ0n) is 7.75. The van der Waals surface area contributed by atoms with E-state index in [0.717, 1.165) is 12.1 Å². The van der Waals surface area contributed by atoms with Crippen LogP contribution in [-0.2, 0) is 11.0 Å². The Morgan fingerprint density at radius 1 is 1.38 bits per heavy atom. The molecule has 1 rings (SSSR count). The van der Waals surface area contributed by atoms with E-state index in [4.69, 9.17) is 5.11 Å². The molecule has 16 heavy (non-hydrogen) atoms. The predicted molar refractivity (Wildman–Crippen MR) is 55.8 cm³/mol. The van der Waals surface area contributed by atoms with Crippen LogP contribution in [0.4, 0.5) is 13.2 Å². The summed E-state index contributed by atoms with van der Waals surface area (Å²) in [5, 5.41) is 8.38. The molecule has 0 aliphatic carbocycles. The van der Waals surface area contributed by atoms with Crippen LogP contribution < -0.4 is 0 Å². The largest absolute Gasteiger partial charge is 0.478 e. The van der Waals surface area contributed by atoms with Crippen molar-refractivity contribution >= 4 is 28.0 Å². The number of carboxylic acids is 1. The van der Waals surface area contributed by atoms with Gasteiger partial charge in [-0.15, -0.1) is 0 Å². The monoisotopic (exact) mass is 294 g/mol. The van der Waals surface area contributed by atoms with E-state index in [-0.39, 0.29) is 10.0 Å². The van der Waals surface area contributed by atoms with Crippen LogP contribution in [0, 0.1) is 0 Å². The van der Waals surface area contributed by atoms with Crippen molar-refractivity contribution in [1.29, 1.82) is 0 Å². The van der Waals surface area contributed by atoms with Gasteiger partial charge in [-0.2, -0.15) is 13.2 Å². The molecule has 0 heterocycles. The quantitative estimate of drug-likeness (QED) is 0.847. The third-order valence-corrected chi connectivity index (χ3v) is 2.44. The minimum absolute atomic E-state index is 0.194. The van der Waals surface area contributed by atoms with Gasteiger partial charge >= 0.3 is 12.1 Å². The van der Waals surface area contributed by atoms with Gasteiger partial charge in [-0.25, -0.2) is 4.79 Å². The molecule has 0 spiro atoms. The van der Waals surface area contributed by atoms with Crippen molar-refractivity contribution in [2.75, 3.05) is 0 Å². The van der Waals surface area contributed by atoms with E-state index in [1.165, 1.54) is 12.1 Å². The Morgan fingerprint density at radius 2 is 2.00 bits per heavy atom. The van der Waals surface area contributed by atoms with E-state index in [0.29, 0.717) is 6.08 Å². The Balaban J connectivity index is 3.30. The topological polar surface area (TPSA) is 37.3 Å². The van der Waals surface area contributed by atoms with Gasteiger partial charge in [-0.1, -0.05) is 22.0 Å². The fraction of sp³-hybridized carbons (Fsp3) is 0.100. The van der Waals surface area contributed by atoms with Gasteiger partial charge in [0, 0.05) is 16.1 Å². The Hall–Kier alpha value is -1.30. The number of hydrogen-bond donors (Lipinski definition) is 1. The summed E-state index contributed by atoms with van der Waals surface area (Å²) in [6.07, 6.45) is -2.94. The summed E-state index contributed by atoms with van der Waals surface area (Å²) >= 11 is 2.95. The third kappa shape index (κ3) is 3.10. The number of aliphatic carboxylic acids is 1. The van der Waals surface area contributed by atoms with E-state index in [1.54, 1.807) is 0 Å². The summed E-state index contributed by atoms with van der Waals surface area (Å²) in [6.45, 7) is 0. The molecule has 1 aromatic rings. The first-order valence-corrected chi connectivity index (χ1v) is 4.88. The summed E-state index contributed by atoms with van der Waals surface area (Å²) in [5.74, 6) is -1.30. The standard InChI is InChI=1S/C10H6BrF3O2/c11-8-3-1-2-7(10(12,13)14)6(8)4-5-9(15)16/h1-5H,(H,15,16)/b5-4+. The maximum absolute atomic E-state index is 12.6. The molecule has 0 fully saturated rings. The maximum Gasteiger partial charge on any atom is 0.417 e. The smallest absolute Gasteiger partial charge is 0.417 e. The molecule has 0 aliphatic rings. The van der Waals surface area contributed by atoms with Crippen molar-refractivity contribution in [2.24, 2.45) is 0 Å². The van der Waals surface area contributed by atoms with Gasteiger partial charge in [-0.05, 0) is 18.2 Å². The fourth-order valence-electron chi connectivity index (χ4n) is 1.11. The first kappa shape index (κ1) is 12.8. The van der Waals surface area contributed by atoms with Crippen molar-refractivity contribution in [3.8, 4) is 0 Å². The molecule has 0 bridgehead atoms. The molecule has 1 aromatic carbocycles. The van der Waals surface area contributed by atoms with Crippen molar-refractivity contribution in [3.63, 3.8) is 0 Å². The van der Waals surface area contributed by atoms with Crippen LogP contribution in [0.1, 0.15) is 11.1 Å². The molecule has 0 amide bonds. The molecule has 0 atom stereocenters. The van der Waals surface area contributed by atoms with Gasteiger partial charge in [0.2, 0.25) is 0 Å². The van der Waals surface area contributed by atoms with Crippen LogP contribution in [0.3, 0.4) is 0 Å². The highest BCUT2D eigenvalue weighted by atomic mass is 79.9. The minimum Gasteiger partial charge on any atom is -0.478 e. The highest BCUT2D eigenvalue weighted by Crippen LogP contribution is 2.35. The highest BCUT2D eigenvalue weighted by Gasteiger charge is 2.33. The van der Waals surface area contributed by atoms with Gasteiger partial charge in [0.15, 0.2) is 0 Å². The van der Waals surface area contributed by atoms with Crippen LogP contribution in [-0.4, -0.2) is 11.1 Å². The lowest BCUT2D eigenvalue weighted by atomic mass is 10.1. The molecule has 0 unspecified atom stereocenters. The van der Waals surface area contributed by atoms with E-state index in [9.17, 15) is 18.0 Å². The summed E-state index contributed by atoms with van der Waals surface area (Å²) in [7, 11) is 0. The number of rotatable bonds is 2. The Morgan fingerprint density at radius 3 is 2.50 bits per heavy atom. The van der Waals surface area contributed by atoms with Crippen LogP contribution in [0.15, 0.2) is 28.7 Å². The molecule has 1 N–H and O–H groups in total. The number of carboxylic acid groups (broad SMARTS) is 1. The highest BCUT2D eigenvalue weighted by molar-refractivity contribution is 9.10. The lowest BCUT2D eigenvalue weighted by Crippen LogP contribution is -2.07. The predicted octanol–water partition coefficient (Wildman–Crippen LogP) is 3.57. The number of halogens is 4. The molecule has 0 saturated carbocycles. The summed E-state index contributed by atoms with van der Waals surface area (Å²) in [5.41, 5.74) is -1.07. The Kier molecular flexibility index (Phi) is 3.74. The van der Waals surface area contributed by atoms with E-state index < -0.39 is 17.7 Å². The number of carbonyl (C=O) groups is 1. The summed E-state index contributed by atoms with van der Waals surface area (Å²) < 4.78 is 37.8. The lowest BCUT2D eigenvalue weighted by Gasteiger charge is -2.11. The van der Waals surface area contributed by atoms with Gasteiger partial charge in [0.1, 0.15) is 0 Å². The zero-order chi connectivity index (χ0) is 12.3. The molecule has 86 valence electrons. The number of hydrogen-bond acceptors (Lipinski definition) is 1. The molecule has 0 aliphatic heterocycles. The van der Waals surface area contributed by atoms with Crippen molar-refractivity contribution in [1.82, 2.24) is 0 Å². The van der Waals surface area contributed by atoms with Crippen LogP contribution in [0.25, 0.3) is 6.08 Å². The second-order valence-electron chi connectivity index (χ2n) is 2.87. The SMILES string of the molecule is O=C(O)/C=C/c1c(Br)cccc1C(F)(F)F. The third-order valence-electron chi connectivity index (χ3n) is 1.75. The van der Waals surface area contributed by atoms with Crippen LogP contribution in [0.5, 0.6) is 0 Å². The minimum atomic E-state index is -4.51. The fourth-order valence-corrected chi connectivity index (χ4v) is 1.61. The molecule has 2 nitrogen and oxygen atoms in total. The van der Waals surface area contributed by atoms with Gasteiger partial charge in [0.05, 0.1) is 5.56 Å². The lowest BCUT2D eigenvalue weighted by molar-refractivity contribution is -0.138. The molecular weight excluding hydrogens is 289 g/mol. The van der Waals surface area contributed by atoms with E-state index in [2.05, 4.69) is 15.9 Å². The average Bonchev–Trinajstić information content (AvgIpc) is 2.13. The second kappa shape index (κ2) is 4.69. The molecule has 0 saturated heterocycles. The van der Waals surface area contributed by atoms with Gasteiger partial charge in [-0.3, -0.25) is 0 Å². The number of alkyl halides is 3. The number of benzene rings is 1. The Labute approximate surface area is 97.5 Å². The molecule has 0 radical (unpaired) electrons. The van der Waals surface area contributed by atoms with E-state index in [1.807, 2.05) is 0 Å². The molecular formula is C10H6BrF3O2. The zero-order valence-corrected chi connectivity index (χ0v) is 9.34. The van der Waals surface area contributed by atoms with Gasteiger partial charge < -0.3 is 5.11 Å². The Bertz CT molecular complexity index is 438. The van der Waals surface area contributed by atoms with Gasteiger partial charge in [0.25, 0.3) is 0 Å². The molecule has 6 heteroatoms. The maximum atomic E-state index is 12.6. The second-order valence-corrected chi connectivity index (χ2v) is 3.72. The van der Waals surface area contributed by atoms with E-state index >= 15 is 0 Å². The van der Waals surface area contributed by atoms with Crippen molar-refractivity contribution in [2.45, 2.75) is 6.18 Å².